The zero-order valence-electron chi connectivity index (χ0n) is 7.75. The molecule has 0 unspecified atom stereocenters. The zero-order chi connectivity index (χ0) is 11.4. The molecule has 1 amide bonds. The van der Waals surface area contributed by atoms with Crippen LogP contribution < -0.4 is 5.32 Å². The molecular formula is C8H7ClFN3O2. The van der Waals surface area contributed by atoms with Gasteiger partial charge in [0, 0.05) is 0 Å². The molecule has 80 valence electrons. The van der Waals surface area contributed by atoms with E-state index in [0.29, 0.717) is 0 Å². The second kappa shape index (κ2) is 4.79. The van der Waals surface area contributed by atoms with E-state index in [9.17, 15) is 14.0 Å². The lowest BCUT2D eigenvalue weighted by molar-refractivity contribution is -0.124. The van der Waals surface area contributed by atoms with Crippen molar-refractivity contribution in [1.29, 1.82) is 0 Å². The number of amides is 1. The van der Waals surface area contributed by atoms with Gasteiger partial charge in [-0.3, -0.25) is 9.59 Å². The second-order valence-electron chi connectivity index (χ2n) is 2.76. The van der Waals surface area contributed by atoms with Crippen molar-refractivity contribution >= 4 is 29.1 Å². The van der Waals surface area contributed by atoms with Gasteiger partial charge in [0.05, 0.1) is 12.6 Å². The van der Waals surface area contributed by atoms with Crippen molar-refractivity contribution < 1.29 is 14.0 Å². The van der Waals surface area contributed by atoms with Gasteiger partial charge < -0.3 is 5.32 Å². The highest BCUT2D eigenvalue weighted by molar-refractivity contribution is 6.28. The number of aromatic nitrogens is 2. The third-order valence-corrected chi connectivity index (χ3v) is 1.56. The fourth-order valence-corrected chi connectivity index (χ4v) is 0.969. The minimum atomic E-state index is -0.809. The lowest BCUT2D eigenvalue weighted by Gasteiger charge is -2.03. The molecule has 0 fully saturated rings. The van der Waals surface area contributed by atoms with Crippen LogP contribution in [0.1, 0.15) is 13.3 Å². The van der Waals surface area contributed by atoms with E-state index in [4.69, 9.17) is 11.6 Å². The molecule has 1 aromatic rings. The quantitative estimate of drug-likeness (QED) is 0.627. The monoisotopic (exact) mass is 231 g/mol. The number of nitrogens with zero attached hydrogens (tertiary/aromatic N) is 2. The Hall–Kier alpha value is -1.56. The number of hydrogen-bond acceptors (Lipinski definition) is 4. The van der Waals surface area contributed by atoms with Gasteiger partial charge in [-0.1, -0.05) is 0 Å². The first-order valence-corrected chi connectivity index (χ1v) is 4.34. The van der Waals surface area contributed by atoms with Crippen molar-refractivity contribution in [3.8, 4) is 0 Å². The Labute approximate surface area is 89.7 Å². The highest BCUT2D eigenvalue weighted by atomic mass is 35.5. The van der Waals surface area contributed by atoms with Crippen molar-refractivity contribution in [3.05, 3.63) is 17.3 Å². The molecule has 5 nitrogen and oxygen atoms in total. The van der Waals surface area contributed by atoms with E-state index in [2.05, 4.69) is 15.3 Å². The zero-order valence-corrected chi connectivity index (χ0v) is 8.51. The lowest BCUT2D eigenvalue weighted by atomic mass is 10.3. The summed E-state index contributed by atoms with van der Waals surface area (Å²) < 4.78 is 13.0. The van der Waals surface area contributed by atoms with Crippen LogP contribution in [0, 0.1) is 5.82 Å². The third kappa shape index (κ3) is 3.59. The molecule has 0 aromatic carbocycles. The largest absolute Gasteiger partial charge is 0.308 e. The van der Waals surface area contributed by atoms with E-state index in [1.165, 1.54) is 6.92 Å². The van der Waals surface area contributed by atoms with Gasteiger partial charge in [0.2, 0.25) is 11.2 Å². The number of carbonyl (C=O) groups excluding carboxylic acids is 2. The average Bonchev–Trinajstić information content (AvgIpc) is 2.10. The van der Waals surface area contributed by atoms with Crippen molar-refractivity contribution in [3.63, 3.8) is 0 Å². The summed E-state index contributed by atoms with van der Waals surface area (Å²) in [5.41, 5.74) is 0. The Morgan fingerprint density at radius 1 is 1.60 bits per heavy atom. The highest BCUT2D eigenvalue weighted by Crippen LogP contribution is 2.11. The maximum Gasteiger partial charge on any atom is 0.233 e. The molecule has 15 heavy (non-hydrogen) atoms. The molecule has 1 heterocycles. The number of anilines is 1. The van der Waals surface area contributed by atoms with Crippen LogP contribution in [0.5, 0.6) is 0 Å². The van der Waals surface area contributed by atoms with E-state index in [1.807, 2.05) is 0 Å². The van der Waals surface area contributed by atoms with Crippen molar-refractivity contribution in [2.75, 3.05) is 5.32 Å². The van der Waals surface area contributed by atoms with Gasteiger partial charge in [0.1, 0.15) is 5.78 Å². The molecule has 1 N–H and O–H groups in total. The van der Waals surface area contributed by atoms with Crippen LogP contribution in [0.15, 0.2) is 6.20 Å². The summed E-state index contributed by atoms with van der Waals surface area (Å²) in [6.45, 7) is 1.25. The first kappa shape index (κ1) is 11.5. The number of nitrogens with one attached hydrogen (secondary N) is 1. The normalized spacial score (nSPS) is 9.80. The standard InChI is InChI=1S/C8H7ClFN3O2/c1-4(14)2-6(15)12-7-5(10)3-11-8(9)13-7/h3H,2H2,1H3,(H,11,12,13,15). The van der Waals surface area contributed by atoms with Gasteiger partial charge in [0.25, 0.3) is 0 Å². The topological polar surface area (TPSA) is 72.0 Å². The second-order valence-corrected chi connectivity index (χ2v) is 3.10. The first-order chi connectivity index (χ1) is 6.99. The smallest absolute Gasteiger partial charge is 0.233 e. The molecule has 0 aliphatic heterocycles. The number of carbonyl (C=O) groups is 2. The summed E-state index contributed by atoms with van der Waals surface area (Å²) >= 11 is 5.40. The number of ketones is 1. The van der Waals surface area contributed by atoms with Crippen LogP contribution in [0.3, 0.4) is 0 Å². The van der Waals surface area contributed by atoms with Crippen molar-refractivity contribution in [2.24, 2.45) is 0 Å². The van der Waals surface area contributed by atoms with E-state index < -0.39 is 11.7 Å². The van der Waals surface area contributed by atoms with E-state index in [1.54, 1.807) is 0 Å². The average molecular weight is 232 g/mol. The number of rotatable bonds is 3. The van der Waals surface area contributed by atoms with Gasteiger partial charge in [-0.05, 0) is 18.5 Å². The molecule has 0 radical (unpaired) electrons. The van der Waals surface area contributed by atoms with E-state index in [-0.39, 0.29) is 23.3 Å². The summed E-state index contributed by atoms with van der Waals surface area (Å²) in [6.07, 6.45) is 0.500. The molecule has 0 spiro atoms. The molecule has 1 rings (SSSR count). The van der Waals surface area contributed by atoms with Gasteiger partial charge in [-0.2, -0.15) is 4.98 Å². The summed E-state index contributed by atoms with van der Waals surface area (Å²) in [4.78, 5) is 28.5. The molecule has 7 heteroatoms. The minimum Gasteiger partial charge on any atom is -0.308 e. The maximum absolute atomic E-state index is 13.0. The SMILES string of the molecule is CC(=O)CC(=O)Nc1nc(Cl)ncc1F. The van der Waals surface area contributed by atoms with Gasteiger partial charge in [-0.25, -0.2) is 9.37 Å². The first-order valence-electron chi connectivity index (χ1n) is 3.96. The predicted molar refractivity (Wildman–Crippen MR) is 50.9 cm³/mol. The third-order valence-electron chi connectivity index (χ3n) is 1.38. The molecule has 0 saturated carbocycles. The van der Waals surface area contributed by atoms with Crippen LogP contribution in [-0.2, 0) is 9.59 Å². The van der Waals surface area contributed by atoms with Gasteiger partial charge in [-0.15, -0.1) is 0 Å². The van der Waals surface area contributed by atoms with Crippen molar-refractivity contribution in [2.45, 2.75) is 13.3 Å². The minimum absolute atomic E-state index is 0.186. The Bertz CT molecular complexity index is 411. The Balaban J connectivity index is 2.76. The molecular weight excluding hydrogens is 225 g/mol. The highest BCUT2D eigenvalue weighted by Gasteiger charge is 2.11. The Morgan fingerprint density at radius 3 is 2.87 bits per heavy atom. The van der Waals surface area contributed by atoms with Crippen LogP contribution in [0.2, 0.25) is 5.28 Å². The van der Waals surface area contributed by atoms with Gasteiger partial charge >= 0.3 is 0 Å². The summed E-state index contributed by atoms with van der Waals surface area (Å²) in [5.74, 6) is -2.11. The number of hydrogen-bond donors (Lipinski definition) is 1. The fourth-order valence-electron chi connectivity index (χ4n) is 0.836. The van der Waals surface area contributed by atoms with Crippen molar-refractivity contribution in [1.82, 2.24) is 9.97 Å². The molecule has 0 aliphatic rings. The van der Waals surface area contributed by atoms with Crippen LogP contribution in [0.4, 0.5) is 10.2 Å². The van der Waals surface area contributed by atoms with Crippen LogP contribution >= 0.6 is 11.6 Å². The lowest BCUT2D eigenvalue weighted by Crippen LogP contribution is -2.16. The molecule has 0 atom stereocenters. The number of Topliss-reactive ketones (excluding diaryl/α,β-unsaturated/α-hetero) is 1. The van der Waals surface area contributed by atoms with Gasteiger partial charge in [0.15, 0.2) is 11.6 Å². The van der Waals surface area contributed by atoms with Crippen LogP contribution in [-0.4, -0.2) is 21.7 Å². The van der Waals surface area contributed by atoms with E-state index >= 15 is 0 Å². The van der Waals surface area contributed by atoms with E-state index in [0.717, 1.165) is 6.20 Å². The summed E-state index contributed by atoms with van der Waals surface area (Å²) in [6, 6.07) is 0. The Kier molecular flexibility index (Phi) is 3.68. The Morgan fingerprint density at radius 2 is 2.27 bits per heavy atom. The predicted octanol–water partition coefficient (Wildman–Crippen LogP) is 1.19. The number of halogens is 2. The van der Waals surface area contributed by atoms with Crippen LogP contribution in [0.25, 0.3) is 0 Å². The molecule has 0 saturated heterocycles. The molecule has 1 aromatic heterocycles. The summed E-state index contributed by atoms with van der Waals surface area (Å²) in [7, 11) is 0. The fraction of sp³-hybridized carbons (Fsp3) is 0.250. The molecule has 0 bridgehead atoms. The molecule has 0 aliphatic carbocycles. The maximum atomic E-state index is 13.0. The summed E-state index contributed by atoms with van der Waals surface area (Å²) in [5, 5.41) is 1.93.